The van der Waals surface area contributed by atoms with Crippen molar-refractivity contribution in [2.45, 2.75) is 12.5 Å². The number of imide groups is 1. The topological polar surface area (TPSA) is 108 Å². The quantitative estimate of drug-likeness (QED) is 0.522. The number of benzene rings is 3. The Kier molecular flexibility index (Phi) is 5.59. The predicted octanol–water partition coefficient (Wildman–Crippen LogP) is 2.36. The number of nitrogens with zero attached hydrogens (tertiary/aromatic N) is 1. The summed E-state index contributed by atoms with van der Waals surface area (Å²) in [5, 5.41) is 9.73. The molecule has 3 aromatic rings. The van der Waals surface area contributed by atoms with Gasteiger partial charge in [-0.25, -0.2) is 4.79 Å². The van der Waals surface area contributed by atoms with Gasteiger partial charge in [-0.15, -0.1) is 0 Å². The van der Waals surface area contributed by atoms with Gasteiger partial charge in [0.15, 0.2) is 0 Å². The first-order valence-electron chi connectivity index (χ1n) is 10.1. The summed E-state index contributed by atoms with van der Waals surface area (Å²) in [7, 11) is 0. The average molecular weight is 430 g/mol. The maximum Gasteiger partial charge on any atom is 0.325 e. The van der Waals surface area contributed by atoms with Gasteiger partial charge in [0.2, 0.25) is 11.8 Å². The summed E-state index contributed by atoms with van der Waals surface area (Å²) in [6, 6.07) is 21.4. The lowest BCUT2D eigenvalue weighted by atomic mass is 9.90. The number of para-hydroxylation sites is 1. The van der Waals surface area contributed by atoms with Crippen LogP contribution >= 0.6 is 0 Å². The summed E-state index contributed by atoms with van der Waals surface area (Å²) in [5.74, 6) is -1.55. The lowest BCUT2D eigenvalue weighted by Crippen LogP contribution is -2.44. The lowest BCUT2D eigenvalue weighted by Gasteiger charge is -2.22. The van der Waals surface area contributed by atoms with Crippen molar-refractivity contribution in [1.29, 1.82) is 0 Å². The van der Waals surface area contributed by atoms with Gasteiger partial charge in [-0.3, -0.25) is 19.3 Å². The number of fused-ring (bicyclic) bond motifs is 1. The lowest BCUT2D eigenvalue weighted by molar-refractivity contribution is -0.135. The summed E-state index contributed by atoms with van der Waals surface area (Å²) < 4.78 is 0. The first-order valence-corrected chi connectivity index (χ1v) is 10.1. The minimum absolute atomic E-state index is 0.278. The number of carbonyl (C=O) groups excluding carboxylic acids is 4. The molecule has 32 heavy (non-hydrogen) atoms. The minimum Gasteiger partial charge on any atom is -0.345 e. The van der Waals surface area contributed by atoms with Crippen LogP contribution in [0.5, 0.6) is 0 Å². The van der Waals surface area contributed by atoms with Crippen LogP contribution in [0.3, 0.4) is 0 Å². The highest BCUT2D eigenvalue weighted by molar-refractivity contribution is 6.09. The van der Waals surface area contributed by atoms with Gasteiger partial charge in [-0.05, 0) is 41.5 Å². The van der Waals surface area contributed by atoms with Crippen molar-refractivity contribution >= 4 is 40.2 Å². The van der Waals surface area contributed by atoms with Crippen molar-refractivity contribution in [3.63, 3.8) is 0 Å². The highest BCUT2D eigenvalue weighted by Crippen LogP contribution is 2.30. The molecule has 1 aliphatic heterocycles. The fourth-order valence-corrected chi connectivity index (χ4v) is 3.64. The molecule has 0 bridgehead atoms. The second-order valence-electron chi connectivity index (χ2n) is 7.70. The molecule has 1 heterocycles. The highest BCUT2D eigenvalue weighted by atomic mass is 16.2. The largest absolute Gasteiger partial charge is 0.345 e. The van der Waals surface area contributed by atoms with E-state index in [1.807, 2.05) is 42.5 Å². The van der Waals surface area contributed by atoms with Gasteiger partial charge in [0.25, 0.3) is 5.91 Å². The molecule has 4 rings (SSSR count). The summed E-state index contributed by atoms with van der Waals surface area (Å²) in [6.45, 7) is 0.855. The summed E-state index contributed by atoms with van der Waals surface area (Å²) in [6.07, 6.45) is 0. The Labute approximate surface area is 184 Å². The monoisotopic (exact) mass is 430 g/mol. The molecule has 1 saturated heterocycles. The van der Waals surface area contributed by atoms with Gasteiger partial charge >= 0.3 is 6.03 Å². The first kappa shape index (κ1) is 21.0. The van der Waals surface area contributed by atoms with Gasteiger partial charge in [0.05, 0.1) is 6.54 Å². The summed E-state index contributed by atoms with van der Waals surface area (Å²) in [5.41, 5.74) is -0.0572. The van der Waals surface area contributed by atoms with Gasteiger partial charge in [0, 0.05) is 5.69 Å². The molecule has 3 aromatic carbocycles. The molecule has 0 spiro atoms. The fraction of sp³-hybridized carbons (Fsp3) is 0.167. The Bertz CT molecular complexity index is 1210. The van der Waals surface area contributed by atoms with Crippen LogP contribution in [0.15, 0.2) is 72.8 Å². The molecule has 0 radical (unpaired) electrons. The van der Waals surface area contributed by atoms with Crippen LogP contribution in [0.4, 0.5) is 10.5 Å². The zero-order valence-corrected chi connectivity index (χ0v) is 17.4. The van der Waals surface area contributed by atoms with Crippen LogP contribution in [0, 0.1) is 0 Å². The molecule has 5 amide bonds. The van der Waals surface area contributed by atoms with Crippen LogP contribution in [-0.4, -0.2) is 41.7 Å². The third-order valence-electron chi connectivity index (χ3n) is 5.41. The number of rotatable bonds is 6. The Morgan fingerprint density at radius 3 is 2.34 bits per heavy atom. The number of anilines is 1. The number of carbonyl (C=O) groups is 4. The molecule has 1 aliphatic rings. The van der Waals surface area contributed by atoms with Crippen LogP contribution in [0.2, 0.25) is 0 Å². The zero-order chi connectivity index (χ0) is 22.7. The van der Waals surface area contributed by atoms with E-state index in [0.29, 0.717) is 11.3 Å². The maximum atomic E-state index is 13.1. The Hall–Kier alpha value is -4.20. The number of nitrogens with one attached hydrogen (secondary N) is 3. The minimum atomic E-state index is -1.29. The normalized spacial score (nSPS) is 17.8. The van der Waals surface area contributed by atoms with E-state index in [1.165, 1.54) is 0 Å². The van der Waals surface area contributed by atoms with E-state index in [9.17, 15) is 19.2 Å². The maximum absolute atomic E-state index is 13.1. The standard InChI is InChI=1S/C24H22N4O4/c1-24(18-12-11-16-7-5-6-8-17(16)13-18)22(31)28(23(32)27-24)15-21(30)25-14-20(29)26-19-9-3-2-4-10-19/h2-13H,14-15H2,1H3,(H,25,30)(H,26,29)(H,27,32). The van der Waals surface area contributed by atoms with E-state index in [1.54, 1.807) is 37.3 Å². The first-order chi connectivity index (χ1) is 15.4. The van der Waals surface area contributed by atoms with Crippen LogP contribution in [-0.2, 0) is 19.9 Å². The molecular weight excluding hydrogens is 408 g/mol. The molecule has 8 nitrogen and oxygen atoms in total. The molecule has 1 atom stereocenters. The van der Waals surface area contributed by atoms with E-state index < -0.39 is 35.8 Å². The van der Waals surface area contributed by atoms with E-state index in [2.05, 4.69) is 16.0 Å². The van der Waals surface area contributed by atoms with Crippen molar-refractivity contribution < 1.29 is 19.2 Å². The molecule has 1 unspecified atom stereocenters. The van der Waals surface area contributed by atoms with Crippen LogP contribution < -0.4 is 16.0 Å². The van der Waals surface area contributed by atoms with E-state index in [4.69, 9.17) is 0 Å². The number of hydrogen-bond acceptors (Lipinski definition) is 4. The van der Waals surface area contributed by atoms with E-state index in [0.717, 1.165) is 15.7 Å². The van der Waals surface area contributed by atoms with Gasteiger partial charge < -0.3 is 16.0 Å². The van der Waals surface area contributed by atoms with Crippen LogP contribution in [0.1, 0.15) is 12.5 Å². The van der Waals surface area contributed by atoms with E-state index >= 15 is 0 Å². The fourth-order valence-electron chi connectivity index (χ4n) is 3.64. The molecule has 0 saturated carbocycles. The highest BCUT2D eigenvalue weighted by Gasteiger charge is 2.49. The molecule has 3 N–H and O–H groups in total. The smallest absolute Gasteiger partial charge is 0.325 e. The third kappa shape index (κ3) is 4.15. The summed E-state index contributed by atoms with van der Waals surface area (Å²) >= 11 is 0. The van der Waals surface area contributed by atoms with Gasteiger partial charge in [-0.2, -0.15) is 0 Å². The molecular formula is C24H22N4O4. The molecule has 0 aromatic heterocycles. The predicted molar refractivity (Wildman–Crippen MR) is 120 cm³/mol. The molecule has 1 fully saturated rings. The second-order valence-corrected chi connectivity index (χ2v) is 7.70. The van der Waals surface area contributed by atoms with Crippen LogP contribution in [0.25, 0.3) is 10.8 Å². The molecule has 0 aliphatic carbocycles. The van der Waals surface area contributed by atoms with E-state index in [-0.39, 0.29) is 6.54 Å². The van der Waals surface area contributed by atoms with Gasteiger partial charge in [0.1, 0.15) is 12.1 Å². The third-order valence-corrected chi connectivity index (χ3v) is 5.41. The average Bonchev–Trinajstić information content (AvgIpc) is 3.02. The zero-order valence-electron chi connectivity index (χ0n) is 17.4. The molecule has 8 heteroatoms. The van der Waals surface area contributed by atoms with Crippen molar-refractivity contribution in [2.75, 3.05) is 18.4 Å². The SMILES string of the molecule is CC1(c2ccc3ccccc3c2)NC(=O)N(CC(=O)NCC(=O)Nc2ccccc2)C1=O. The Morgan fingerprint density at radius 2 is 1.59 bits per heavy atom. The van der Waals surface area contributed by atoms with Crippen molar-refractivity contribution in [3.8, 4) is 0 Å². The van der Waals surface area contributed by atoms with Crippen molar-refractivity contribution in [2.24, 2.45) is 0 Å². The number of hydrogen-bond donors (Lipinski definition) is 3. The number of urea groups is 1. The number of amides is 5. The van der Waals surface area contributed by atoms with Crippen molar-refractivity contribution in [3.05, 3.63) is 78.4 Å². The molecule has 162 valence electrons. The second kappa shape index (κ2) is 8.50. The van der Waals surface area contributed by atoms with Crippen molar-refractivity contribution in [1.82, 2.24) is 15.5 Å². The summed E-state index contributed by atoms with van der Waals surface area (Å²) in [4.78, 5) is 50.7. The van der Waals surface area contributed by atoms with Gasteiger partial charge in [-0.1, -0.05) is 54.6 Å². The Morgan fingerprint density at radius 1 is 0.906 bits per heavy atom. The Balaban J connectivity index is 1.39.